The van der Waals surface area contributed by atoms with Gasteiger partial charge in [-0.05, 0) is 23.8 Å². The third kappa shape index (κ3) is 4.84. The van der Waals surface area contributed by atoms with Gasteiger partial charge in [-0.3, -0.25) is 4.79 Å². The van der Waals surface area contributed by atoms with E-state index in [1.165, 1.54) is 12.5 Å². The Bertz CT molecular complexity index is 326. The molecule has 1 rings (SSSR count). The van der Waals surface area contributed by atoms with Crippen LogP contribution >= 0.6 is 11.6 Å². The third-order valence-corrected chi connectivity index (χ3v) is 1.74. The predicted octanol–water partition coefficient (Wildman–Crippen LogP) is 2.77. The molecule has 0 spiro atoms. The topological polar surface area (TPSA) is 35.5 Å². The Morgan fingerprint density at radius 2 is 1.56 bits per heavy atom. The number of rotatable bonds is 4. The van der Waals surface area contributed by atoms with Crippen molar-refractivity contribution in [2.24, 2.45) is 0 Å². The number of aldehydes is 1. The van der Waals surface area contributed by atoms with E-state index in [0.717, 1.165) is 11.8 Å². The summed E-state index contributed by atoms with van der Waals surface area (Å²) < 4.78 is 10.2. The van der Waals surface area contributed by atoms with E-state index in [0.29, 0.717) is 11.5 Å². The van der Waals surface area contributed by atoms with Crippen LogP contribution in [0.3, 0.4) is 0 Å². The lowest BCUT2D eigenvalue weighted by Crippen LogP contribution is -1.88. The smallest absolute Gasteiger partial charge is 0.142 e. The Morgan fingerprint density at radius 3 is 1.94 bits per heavy atom. The zero-order valence-electron chi connectivity index (χ0n) is 9.57. The molecule has 0 heterocycles. The molecule has 4 heteroatoms. The second kappa shape index (κ2) is 8.80. The molecule has 0 saturated heterocycles. The summed E-state index contributed by atoms with van der Waals surface area (Å²) in [5, 5.41) is 0. The monoisotopic (exact) mass is 242 g/mol. The van der Waals surface area contributed by atoms with E-state index >= 15 is 0 Å². The Hall–Kier alpha value is -1.48. The molecule has 0 N–H and O–H groups in total. The summed E-state index contributed by atoms with van der Waals surface area (Å²) in [4.78, 5) is 10.1. The zero-order valence-corrected chi connectivity index (χ0v) is 10.3. The highest BCUT2D eigenvalue weighted by atomic mass is 35.5. The average Bonchev–Trinajstić information content (AvgIpc) is 2.38. The summed E-state index contributed by atoms with van der Waals surface area (Å²) in [6, 6.07) is 5.42. The molecule has 0 bridgehead atoms. The number of hydrogen-bond donors (Lipinski definition) is 0. The van der Waals surface area contributed by atoms with E-state index in [4.69, 9.17) is 9.47 Å². The predicted molar refractivity (Wildman–Crippen MR) is 66.4 cm³/mol. The molecule has 0 aliphatic rings. The minimum atomic E-state index is 0.704. The lowest BCUT2D eigenvalue weighted by atomic mass is 10.2. The number of halogens is 1. The third-order valence-electron chi connectivity index (χ3n) is 1.74. The van der Waals surface area contributed by atoms with Gasteiger partial charge in [0, 0.05) is 12.4 Å². The van der Waals surface area contributed by atoms with Gasteiger partial charge in [0.15, 0.2) is 0 Å². The summed E-state index contributed by atoms with van der Waals surface area (Å²) >= 11 is 4.64. The van der Waals surface area contributed by atoms with Gasteiger partial charge < -0.3 is 9.47 Å². The first kappa shape index (κ1) is 14.5. The molecule has 0 unspecified atom stereocenters. The molecule has 0 amide bonds. The van der Waals surface area contributed by atoms with Crippen molar-refractivity contribution in [1.29, 1.82) is 0 Å². The molecular weight excluding hydrogens is 228 g/mol. The van der Waals surface area contributed by atoms with E-state index in [1.807, 2.05) is 12.1 Å². The first-order valence-corrected chi connectivity index (χ1v) is 5.28. The van der Waals surface area contributed by atoms with Crippen LogP contribution in [0.5, 0.6) is 11.5 Å². The largest absolute Gasteiger partial charge is 0.497 e. The quantitative estimate of drug-likeness (QED) is 0.463. The van der Waals surface area contributed by atoms with Crippen LogP contribution in [-0.2, 0) is 4.79 Å². The highest BCUT2D eigenvalue weighted by Gasteiger charge is 1.98. The minimum absolute atomic E-state index is 0.704. The van der Waals surface area contributed by atoms with Crippen LogP contribution in [0, 0.1) is 0 Å². The average molecular weight is 243 g/mol. The fraction of sp³-hybridized carbons (Fsp3) is 0.250. The van der Waals surface area contributed by atoms with E-state index < -0.39 is 0 Å². The molecule has 0 aliphatic carbocycles. The van der Waals surface area contributed by atoms with Crippen LogP contribution in [0.15, 0.2) is 24.3 Å². The maximum Gasteiger partial charge on any atom is 0.142 e. The number of hydrogen-bond acceptors (Lipinski definition) is 3. The zero-order chi connectivity index (χ0) is 12.4. The summed E-state index contributed by atoms with van der Waals surface area (Å²) in [5.41, 5.74) is 0.869. The van der Waals surface area contributed by atoms with Crippen molar-refractivity contribution < 1.29 is 14.3 Å². The van der Waals surface area contributed by atoms with Crippen molar-refractivity contribution in [2.75, 3.05) is 20.6 Å². The lowest BCUT2D eigenvalue weighted by molar-refractivity contribution is -0.104. The first-order valence-electron chi connectivity index (χ1n) is 4.53. The number of benzene rings is 1. The van der Waals surface area contributed by atoms with Gasteiger partial charge in [-0.1, -0.05) is 6.08 Å². The molecule has 0 fully saturated rings. The molecule has 1 aromatic rings. The van der Waals surface area contributed by atoms with Crippen molar-refractivity contribution >= 4 is 24.0 Å². The van der Waals surface area contributed by atoms with Gasteiger partial charge >= 0.3 is 0 Å². The highest BCUT2D eigenvalue weighted by molar-refractivity contribution is 6.15. The van der Waals surface area contributed by atoms with Crippen LogP contribution in [0.1, 0.15) is 5.56 Å². The van der Waals surface area contributed by atoms with Crippen molar-refractivity contribution in [2.45, 2.75) is 0 Å². The number of carbonyl (C=O) groups is 1. The minimum Gasteiger partial charge on any atom is -0.497 e. The van der Waals surface area contributed by atoms with Gasteiger partial charge in [-0.15, -0.1) is 11.6 Å². The first-order chi connectivity index (χ1) is 7.80. The number of ether oxygens (including phenoxy) is 2. The molecule has 0 radical (unpaired) electrons. The van der Waals surface area contributed by atoms with Crippen LogP contribution in [0.2, 0.25) is 0 Å². The maximum atomic E-state index is 10.1. The normalized spacial score (nSPS) is 9.25. The van der Waals surface area contributed by atoms with Gasteiger partial charge in [0.2, 0.25) is 0 Å². The highest BCUT2D eigenvalue weighted by Crippen LogP contribution is 2.22. The van der Waals surface area contributed by atoms with Crippen molar-refractivity contribution in [3.05, 3.63) is 29.8 Å². The van der Waals surface area contributed by atoms with Gasteiger partial charge in [0.25, 0.3) is 0 Å². The van der Waals surface area contributed by atoms with Gasteiger partial charge in [-0.25, -0.2) is 0 Å². The van der Waals surface area contributed by atoms with Crippen LogP contribution < -0.4 is 9.47 Å². The summed E-state index contributed by atoms with van der Waals surface area (Å²) in [6.07, 6.45) is 5.32. The molecule has 0 aliphatic heterocycles. The van der Waals surface area contributed by atoms with Gasteiger partial charge in [0.1, 0.15) is 17.8 Å². The van der Waals surface area contributed by atoms with Crippen molar-refractivity contribution in [3.63, 3.8) is 0 Å². The van der Waals surface area contributed by atoms with Crippen LogP contribution in [0.25, 0.3) is 6.08 Å². The number of allylic oxidation sites excluding steroid dienone is 1. The Balaban J connectivity index is 0.00000106. The van der Waals surface area contributed by atoms with Gasteiger partial charge in [-0.2, -0.15) is 0 Å². The van der Waals surface area contributed by atoms with Crippen molar-refractivity contribution in [1.82, 2.24) is 0 Å². The number of methoxy groups -OCH3 is 2. The van der Waals surface area contributed by atoms with Crippen LogP contribution in [0.4, 0.5) is 0 Å². The lowest BCUT2D eigenvalue weighted by Gasteiger charge is -2.05. The molecule has 0 aromatic heterocycles. The fourth-order valence-electron chi connectivity index (χ4n) is 1.08. The standard InChI is InChI=1S/C11H12O3.CH3Cl/c1-13-10-6-9(4-3-5-12)7-11(8-10)14-2;1-2/h3-8H,1-2H3;1H3/b4-3+;. The second-order valence-electron chi connectivity index (χ2n) is 2.64. The molecule has 88 valence electrons. The molecule has 16 heavy (non-hydrogen) atoms. The second-order valence-corrected chi connectivity index (χ2v) is 2.64. The number of alkyl halides is 1. The van der Waals surface area contributed by atoms with E-state index in [-0.39, 0.29) is 0 Å². The van der Waals surface area contributed by atoms with E-state index in [1.54, 1.807) is 26.4 Å². The Labute approximate surface area is 101 Å². The molecule has 0 saturated carbocycles. The SMILES string of the molecule is CCl.COc1cc(/C=C/C=O)cc(OC)c1. The van der Waals surface area contributed by atoms with E-state index in [9.17, 15) is 4.79 Å². The summed E-state index contributed by atoms with van der Waals surface area (Å²) in [5.74, 6) is 1.41. The molecule has 1 aromatic carbocycles. The molecule has 3 nitrogen and oxygen atoms in total. The van der Waals surface area contributed by atoms with Crippen molar-refractivity contribution in [3.8, 4) is 11.5 Å². The van der Waals surface area contributed by atoms with E-state index in [2.05, 4.69) is 11.6 Å². The molecular formula is C12H15ClO3. The Kier molecular flexibility index (Phi) is 7.98. The van der Waals surface area contributed by atoms with Gasteiger partial charge in [0.05, 0.1) is 14.2 Å². The Morgan fingerprint density at radius 1 is 1.06 bits per heavy atom. The maximum absolute atomic E-state index is 10.1. The summed E-state index contributed by atoms with van der Waals surface area (Å²) in [6.45, 7) is 0. The summed E-state index contributed by atoms with van der Waals surface area (Å²) in [7, 11) is 3.17. The fourth-order valence-corrected chi connectivity index (χ4v) is 1.08. The number of carbonyl (C=O) groups excluding carboxylic acids is 1. The molecule has 0 atom stereocenters. The van der Waals surface area contributed by atoms with Crippen LogP contribution in [-0.4, -0.2) is 26.9 Å².